The third kappa shape index (κ3) is 3.05. The Kier molecular flexibility index (Phi) is 4.00. The number of hydrogen-bond acceptors (Lipinski definition) is 4. The predicted octanol–water partition coefficient (Wildman–Crippen LogP) is 3.08. The van der Waals surface area contributed by atoms with Crippen molar-refractivity contribution in [2.75, 3.05) is 11.9 Å². The lowest BCUT2D eigenvalue weighted by molar-refractivity contribution is 0.573. The third-order valence-corrected chi connectivity index (χ3v) is 3.54. The van der Waals surface area contributed by atoms with Gasteiger partial charge in [-0.15, -0.1) is 0 Å². The monoisotopic (exact) mass is 299 g/mol. The molecule has 1 N–H and O–H groups in total. The summed E-state index contributed by atoms with van der Waals surface area (Å²) in [6, 6.07) is 6.59. The third-order valence-electron chi connectivity index (χ3n) is 3.54. The molecule has 3 aromatic rings. The second kappa shape index (κ2) is 6.09. The minimum Gasteiger partial charge on any atom is -0.369 e. The molecule has 6 heteroatoms. The van der Waals surface area contributed by atoms with E-state index in [1.165, 1.54) is 18.5 Å². The quantitative estimate of drug-likeness (QED) is 0.736. The first-order chi connectivity index (χ1) is 10.6. The maximum atomic E-state index is 13.4. The Balaban J connectivity index is 1.64. The summed E-state index contributed by atoms with van der Waals surface area (Å²) < 4.78 is 15.4. The molecule has 22 heavy (non-hydrogen) atoms. The van der Waals surface area contributed by atoms with Crippen molar-refractivity contribution in [3.8, 4) is 0 Å². The highest BCUT2D eigenvalue weighted by molar-refractivity contribution is 5.88. The predicted molar refractivity (Wildman–Crippen MR) is 84.3 cm³/mol. The van der Waals surface area contributed by atoms with Crippen LogP contribution in [0, 0.1) is 19.7 Å². The van der Waals surface area contributed by atoms with Crippen molar-refractivity contribution >= 4 is 16.7 Å². The molecule has 0 atom stereocenters. The van der Waals surface area contributed by atoms with Gasteiger partial charge in [-0.05, 0) is 44.5 Å². The summed E-state index contributed by atoms with van der Waals surface area (Å²) in [5.41, 5.74) is 2.92. The number of benzene rings is 1. The second-order valence-corrected chi connectivity index (χ2v) is 5.31. The van der Waals surface area contributed by atoms with E-state index in [4.69, 9.17) is 0 Å². The van der Waals surface area contributed by atoms with E-state index < -0.39 is 0 Å². The SMILES string of the molecule is Cc1cc(C)n(CCCNc2ncnc3ccc(F)cc23)n1. The van der Waals surface area contributed by atoms with Crippen molar-refractivity contribution in [3.63, 3.8) is 0 Å². The Hall–Kier alpha value is -2.50. The van der Waals surface area contributed by atoms with Gasteiger partial charge in [0.15, 0.2) is 0 Å². The van der Waals surface area contributed by atoms with Crippen LogP contribution < -0.4 is 5.32 Å². The molecule has 0 spiro atoms. The molecule has 1 aromatic carbocycles. The Morgan fingerprint density at radius 2 is 2.05 bits per heavy atom. The van der Waals surface area contributed by atoms with Gasteiger partial charge in [0.05, 0.1) is 11.2 Å². The zero-order valence-electron chi connectivity index (χ0n) is 12.7. The average molecular weight is 299 g/mol. The first-order valence-electron chi connectivity index (χ1n) is 7.28. The van der Waals surface area contributed by atoms with Crippen molar-refractivity contribution < 1.29 is 4.39 Å². The minimum absolute atomic E-state index is 0.284. The van der Waals surface area contributed by atoms with Crippen LogP contribution in [-0.4, -0.2) is 26.3 Å². The van der Waals surface area contributed by atoms with Gasteiger partial charge in [-0.2, -0.15) is 5.10 Å². The van der Waals surface area contributed by atoms with Crippen LogP contribution in [0.1, 0.15) is 17.8 Å². The summed E-state index contributed by atoms with van der Waals surface area (Å²) >= 11 is 0. The average Bonchev–Trinajstić information content (AvgIpc) is 2.82. The molecule has 0 bridgehead atoms. The topological polar surface area (TPSA) is 55.6 Å². The summed E-state index contributed by atoms with van der Waals surface area (Å²) in [6.07, 6.45) is 2.40. The number of hydrogen-bond donors (Lipinski definition) is 1. The van der Waals surface area contributed by atoms with Gasteiger partial charge in [0.25, 0.3) is 0 Å². The lowest BCUT2D eigenvalue weighted by Crippen LogP contribution is -2.10. The van der Waals surface area contributed by atoms with E-state index in [1.54, 1.807) is 6.07 Å². The van der Waals surface area contributed by atoms with Crippen molar-refractivity contribution in [2.24, 2.45) is 0 Å². The number of rotatable bonds is 5. The summed E-state index contributed by atoms with van der Waals surface area (Å²) in [7, 11) is 0. The highest BCUT2D eigenvalue weighted by atomic mass is 19.1. The Morgan fingerprint density at radius 3 is 2.82 bits per heavy atom. The van der Waals surface area contributed by atoms with E-state index >= 15 is 0 Å². The molecule has 0 unspecified atom stereocenters. The number of aromatic nitrogens is 4. The number of nitrogens with one attached hydrogen (secondary N) is 1. The molecule has 114 valence electrons. The van der Waals surface area contributed by atoms with Gasteiger partial charge in [0.2, 0.25) is 0 Å². The molecule has 0 aliphatic rings. The van der Waals surface area contributed by atoms with Crippen molar-refractivity contribution in [1.82, 2.24) is 19.7 Å². The standard InChI is InChI=1S/C16H18FN5/c1-11-8-12(2)22(21-11)7-3-6-18-16-14-9-13(17)4-5-15(14)19-10-20-16/h4-5,8-10H,3,6-7H2,1-2H3,(H,18,19,20). The lowest BCUT2D eigenvalue weighted by Gasteiger charge is -2.09. The van der Waals surface area contributed by atoms with Gasteiger partial charge in [-0.25, -0.2) is 14.4 Å². The number of anilines is 1. The molecule has 0 saturated heterocycles. The van der Waals surface area contributed by atoms with Crippen LogP contribution in [-0.2, 0) is 6.54 Å². The van der Waals surface area contributed by atoms with Gasteiger partial charge < -0.3 is 5.32 Å². The van der Waals surface area contributed by atoms with E-state index in [0.717, 1.165) is 36.4 Å². The summed E-state index contributed by atoms with van der Waals surface area (Å²) in [5, 5.41) is 8.38. The zero-order chi connectivity index (χ0) is 15.5. The van der Waals surface area contributed by atoms with E-state index in [-0.39, 0.29) is 5.82 Å². The Bertz CT molecular complexity index is 796. The van der Waals surface area contributed by atoms with E-state index in [2.05, 4.69) is 26.4 Å². The van der Waals surface area contributed by atoms with Gasteiger partial charge in [0, 0.05) is 24.2 Å². The molecule has 2 aromatic heterocycles. The number of aryl methyl sites for hydroxylation is 3. The fraction of sp³-hybridized carbons (Fsp3) is 0.312. The minimum atomic E-state index is -0.284. The van der Waals surface area contributed by atoms with E-state index in [0.29, 0.717) is 11.2 Å². The first kappa shape index (κ1) is 14.4. The molecular weight excluding hydrogens is 281 g/mol. The normalized spacial score (nSPS) is 11.0. The van der Waals surface area contributed by atoms with Crippen LogP contribution in [0.4, 0.5) is 10.2 Å². The fourth-order valence-corrected chi connectivity index (χ4v) is 2.51. The van der Waals surface area contributed by atoms with E-state index in [9.17, 15) is 4.39 Å². The van der Waals surface area contributed by atoms with Gasteiger partial charge in [-0.1, -0.05) is 0 Å². The molecule has 5 nitrogen and oxygen atoms in total. The molecular formula is C16H18FN5. The van der Waals surface area contributed by atoms with E-state index in [1.807, 2.05) is 18.5 Å². The molecule has 0 saturated carbocycles. The molecule has 2 heterocycles. The van der Waals surface area contributed by atoms with Crippen molar-refractivity contribution in [3.05, 3.63) is 47.8 Å². The molecule has 0 aliphatic heterocycles. The zero-order valence-corrected chi connectivity index (χ0v) is 12.7. The number of fused-ring (bicyclic) bond motifs is 1. The van der Waals surface area contributed by atoms with Crippen molar-refractivity contribution in [1.29, 1.82) is 0 Å². The van der Waals surface area contributed by atoms with Crippen LogP contribution in [0.5, 0.6) is 0 Å². The lowest BCUT2D eigenvalue weighted by atomic mass is 10.2. The van der Waals surface area contributed by atoms with Gasteiger partial charge in [-0.3, -0.25) is 4.68 Å². The molecule has 0 radical (unpaired) electrons. The summed E-state index contributed by atoms with van der Waals surface area (Å²) in [6.45, 7) is 5.61. The number of nitrogens with zero attached hydrogens (tertiary/aromatic N) is 4. The van der Waals surface area contributed by atoms with Crippen LogP contribution >= 0.6 is 0 Å². The van der Waals surface area contributed by atoms with Crippen LogP contribution in [0.15, 0.2) is 30.6 Å². The molecule has 0 aliphatic carbocycles. The Labute approximate surface area is 128 Å². The molecule has 0 fully saturated rings. The van der Waals surface area contributed by atoms with Crippen molar-refractivity contribution in [2.45, 2.75) is 26.8 Å². The maximum Gasteiger partial charge on any atom is 0.137 e. The van der Waals surface area contributed by atoms with Gasteiger partial charge >= 0.3 is 0 Å². The van der Waals surface area contributed by atoms with Gasteiger partial charge in [0.1, 0.15) is 18.0 Å². The van der Waals surface area contributed by atoms with Crippen LogP contribution in [0.3, 0.4) is 0 Å². The highest BCUT2D eigenvalue weighted by Crippen LogP contribution is 2.19. The Morgan fingerprint density at radius 1 is 1.18 bits per heavy atom. The largest absolute Gasteiger partial charge is 0.369 e. The fourth-order valence-electron chi connectivity index (χ4n) is 2.51. The summed E-state index contributed by atoms with van der Waals surface area (Å²) in [4.78, 5) is 8.34. The number of halogens is 1. The maximum absolute atomic E-state index is 13.4. The molecule has 0 amide bonds. The molecule has 3 rings (SSSR count). The smallest absolute Gasteiger partial charge is 0.137 e. The summed E-state index contributed by atoms with van der Waals surface area (Å²) in [5.74, 6) is 0.380. The first-order valence-corrected chi connectivity index (χ1v) is 7.28. The van der Waals surface area contributed by atoms with Crippen LogP contribution in [0.25, 0.3) is 10.9 Å². The highest BCUT2D eigenvalue weighted by Gasteiger charge is 2.05. The second-order valence-electron chi connectivity index (χ2n) is 5.31. The van der Waals surface area contributed by atoms with Crippen LogP contribution in [0.2, 0.25) is 0 Å².